The standard InChI is InChI=1S/C18H23N3O3S.ClH/c1-13-6-4-5-7-17(13)21-25(23,24)16-10-8-15(9-11-16)18(22)20-12-14(2)19-3;/h4-11,14,19,21H,12H2,1-3H3,(H,20,22);1H. The largest absolute Gasteiger partial charge is 0.350 e. The second-order valence-corrected chi connectivity index (χ2v) is 7.53. The molecule has 2 aromatic rings. The molecule has 0 radical (unpaired) electrons. The van der Waals surface area contributed by atoms with Gasteiger partial charge in [-0.15, -0.1) is 12.4 Å². The smallest absolute Gasteiger partial charge is 0.261 e. The monoisotopic (exact) mass is 397 g/mol. The maximum atomic E-state index is 12.5. The molecule has 0 saturated heterocycles. The summed E-state index contributed by atoms with van der Waals surface area (Å²) in [5, 5.41) is 5.81. The van der Waals surface area contributed by atoms with Crippen molar-refractivity contribution in [2.24, 2.45) is 0 Å². The average Bonchev–Trinajstić information content (AvgIpc) is 2.61. The molecular formula is C18H24ClN3O3S. The van der Waals surface area contributed by atoms with Gasteiger partial charge in [-0.2, -0.15) is 0 Å². The van der Waals surface area contributed by atoms with Crippen molar-refractivity contribution in [2.45, 2.75) is 24.8 Å². The summed E-state index contributed by atoms with van der Waals surface area (Å²) in [7, 11) is -1.88. The number of carbonyl (C=O) groups is 1. The van der Waals surface area contributed by atoms with Crippen molar-refractivity contribution in [3.63, 3.8) is 0 Å². The van der Waals surface area contributed by atoms with E-state index in [0.29, 0.717) is 17.8 Å². The highest BCUT2D eigenvalue weighted by molar-refractivity contribution is 7.92. The van der Waals surface area contributed by atoms with E-state index in [9.17, 15) is 13.2 Å². The number of amides is 1. The number of nitrogens with one attached hydrogen (secondary N) is 3. The van der Waals surface area contributed by atoms with Gasteiger partial charge in [-0.3, -0.25) is 9.52 Å². The molecule has 2 rings (SSSR count). The fraction of sp³-hybridized carbons (Fsp3) is 0.278. The van der Waals surface area contributed by atoms with E-state index in [0.717, 1.165) is 5.56 Å². The van der Waals surface area contributed by atoms with Crippen LogP contribution in [0.25, 0.3) is 0 Å². The first-order chi connectivity index (χ1) is 11.8. The first-order valence-corrected chi connectivity index (χ1v) is 9.46. The Balaban J connectivity index is 0.00000338. The molecule has 0 saturated carbocycles. The third-order valence-corrected chi connectivity index (χ3v) is 5.26. The predicted octanol–water partition coefficient (Wildman–Crippen LogP) is 2.56. The van der Waals surface area contributed by atoms with Crippen LogP contribution in [0.3, 0.4) is 0 Å². The fourth-order valence-electron chi connectivity index (χ4n) is 2.13. The minimum Gasteiger partial charge on any atom is -0.350 e. The van der Waals surface area contributed by atoms with Crippen LogP contribution >= 0.6 is 12.4 Å². The Morgan fingerprint density at radius 1 is 1.08 bits per heavy atom. The van der Waals surface area contributed by atoms with Crippen LogP contribution in [-0.2, 0) is 10.0 Å². The van der Waals surface area contributed by atoms with E-state index in [-0.39, 0.29) is 29.3 Å². The summed E-state index contributed by atoms with van der Waals surface area (Å²) in [6.45, 7) is 4.27. The molecule has 1 amide bonds. The van der Waals surface area contributed by atoms with Crippen molar-refractivity contribution in [2.75, 3.05) is 18.3 Å². The number of rotatable bonds is 7. The van der Waals surface area contributed by atoms with Crippen molar-refractivity contribution in [3.8, 4) is 0 Å². The van der Waals surface area contributed by atoms with Crippen molar-refractivity contribution < 1.29 is 13.2 Å². The van der Waals surface area contributed by atoms with Gasteiger partial charge in [0.15, 0.2) is 0 Å². The van der Waals surface area contributed by atoms with Gasteiger partial charge in [0.2, 0.25) is 0 Å². The first-order valence-electron chi connectivity index (χ1n) is 7.97. The van der Waals surface area contributed by atoms with Crippen LogP contribution in [0, 0.1) is 6.92 Å². The third-order valence-electron chi connectivity index (χ3n) is 3.88. The van der Waals surface area contributed by atoms with E-state index in [1.165, 1.54) is 24.3 Å². The van der Waals surface area contributed by atoms with Gasteiger partial charge in [-0.05, 0) is 56.8 Å². The summed E-state index contributed by atoms with van der Waals surface area (Å²) < 4.78 is 27.5. The van der Waals surface area contributed by atoms with Crippen molar-refractivity contribution in [1.82, 2.24) is 10.6 Å². The number of hydrogen-bond acceptors (Lipinski definition) is 4. The fourth-order valence-corrected chi connectivity index (χ4v) is 3.26. The van der Waals surface area contributed by atoms with E-state index >= 15 is 0 Å². The molecule has 142 valence electrons. The summed E-state index contributed by atoms with van der Waals surface area (Å²) in [5.74, 6) is -0.238. The van der Waals surface area contributed by atoms with E-state index in [1.807, 2.05) is 33.0 Å². The van der Waals surface area contributed by atoms with Gasteiger partial charge >= 0.3 is 0 Å². The highest BCUT2D eigenvalue weighted by Gasteiger charge is 2.16. The summed E-state index contributed by atoms with van der Waals surface area (Å²) >= 11 is 0. The lowest BCUT2D eigenvalue weighted by Crippen LogP contribution is -2.37. The van der Waals surface area contributed by atoms with Crippen molar-refractivity contribution in [3.05, 3.63) is 59.7 Å². The Morgan fingerprint density at radius 3 is 2.27 bits per heavy atom. The predicted molar refractivity (Wildman–Crippen MR) is 107 cm³/mol. The average molecular weight is 398 g/mol. The van der Waals surface area contributed by atoms with Crippen LogP contribution in [0.5, 0.6) is 0 Å². The number of benzene rings is 2. The molecule has 0 heterocycles. The zero-order valence-electron chi connectivity index (χ0n) is 14.9. The van der Waals surface area contributed by atoms with Crippen LogP contribution in [-0.4, -0.2) is 34.0 Å². The molecular weight excluding hydrogens is 374 g/mol. The van der Waals surface area contributed by atoms with E-state index in [2.05, 4.69) is 15.4 Å². The molecule has 0 bridgehead atoms. The lowest BCUT2D eigenvalue weighted by Gasteiger charge is -2.12. The van der Waals surface area contributed by atoms with Crippen molar-refractivity contribution >= 4 is 34.0 Å². The van der Waals surface area contributed by atoms with Gasteiger partial charge < -0.3 is 10.6 Å². The molecule has 0 spiro atoms. The number of anilines is 1. The number of likely N-dealkylation sites (N-methyl/N-ethyl adjacent to an activating group) is 1. The normalized spacial score (nSPS) is 12.0. The van der Waals surface area contributed by atoms with Gasteiger partial charge in [0.25, 0.3) is 15.9 Å². The summed E-state index contributed by atoms with van der Waals surface area (Å²) in [5.41, 5.74) is 1.78. The molecule has 0 aromatic heterocycles. The Kier molecular flexibility index (Phi) is 8.08. The van der Waals surface area contributed by atoms with E-state index < -0.39 is 10.0 Å². The molecule has 1 atom stereocenters. The number of aryl methyl sites for hydroxylation is 1. The molecule has 0 aliphatic carbocycles. The Hall–Kier alpha value is -2.09. The number of hydrogen-bond donors (Lipinski definition) is 3. The van der Waals surface area contributed by atoms with Crippen molar-refractivity contribution in [1.29, 1.82) is 0 Å². The molecule has 0 aliphatic rings. The molecule has 0 aliphatic heterocycles. The van der Waals surface area contributed by atoms with Gasteiger partial charge in [-0.1, -0.05) is 18.2 Å². The Morgan fingerprint density at radius 2 is 1.69 bits per heavy atom. The zero-order valence-corrected chi connectivity index (χ0v) is 16.6. The minimum absolute atomic E-state index is 0. The summed E-state index contributed by atoms with van der Waals surface area (Å²) in [6.07, 6.45) is 0. The number of halogens is 1. The van der Waals surface area contributed by atoms with Crippen LogP contribution in [0.1, 0.15) is 22.8 Å². The van der Waals surface area contributed by atoms with Gasteiger partial charge in [0, 0.05) is 18.2 Å². The first kappa shape index (κ1) is 22.0. The van der Waals surface area contributed by atoms with Gasteiger partial charge in [0.05, 0.1) is 10.6 Å². The van der Waals surface area contributed by atoms with Gasteiger partial charge in [0.1, 0.15) is 0 Å². The lowest BCUT2D eigenvalue weighted by molar-refractivity contribution is 0.0950. The number of carbonyl (C=O) groups excluding carboxylic acids is 1. The highest BCUT2D eigenvalue weighted by atomic mass is 35.5. The molecule has 0 fully saturated rings. The van der Waals surface area contributed by atoms with Gasteiger partial charge in [-0.25, -0.2) is 8.42 Å². The molecule has 3 N–H and O–H groups in total. The maximum Gasteiger partial charge on any atom is 0.261 e. The SMILES string of the molecule is CNC(C)CNC(=O)c1ccc(S(=O)(=O)Nc2ccccc2C)cc1.Cl. The Bertz CT molecular complexity index is 839. The molecule has 26 heavy (non-hydrogen) atoms. The molecule has 1 unspecified atom stereocenters. The maximum absolute atomic E-state index is 12.5. The lowest BCUT2D eigenvalue weighted by atomic mass is 10.2. The second-order valence-electron chi connectivity index (χ2n) is 5.84. The number of para-hydroxylation sites is 1. The van der Waals surface area contributed by atoms with Crippen LogP contribution < -0.4 is 15.4 Å². The van der Waals surface area contributed by atoms with E-state index in [1.54, 1.807) is 12.1 Å². The topological polar surface area (TPSA) is 87.3 Å². The quantitative estimate of drug-likeness (QED) is 0.670. The summed E-state index contributed by atoms with van der Waals surface area (Å²) in [6, 6.07) is 13.2. The highest BCUT2D eigenvalue weighted by Crippen LogP contribution is 2.19. The number of sulfonamides is 1. The minimum atomic E-state index is -3.70. The third kappa shape index (κ3) is 5.72. The second kappa shape index (κ2) is 9.56. The van der Waals surface area contributed by atoms with Crippen LogP contribution in [0.4, 0.5) is 5.69 Å². The molecule has 2 aromatic carbocycles. The van der Waals surface area contributed by atoms with Crippen LogP contribution in [0.2, 0.25) is 0 Å². The summed E-state index contributed by atoms with van der Waals surface area (Å²) in [4.78, 5) is 12.2. The Labute approximate surface area is 160 Å². The molecule has 6 nitrogen and oxygen atoms in total. The van der Waals surface area contributed by atoms with Crippen LogP contribution in [0.15, 0.2) is 53.4 Å². The zero-order chi connectivity index (χ0) is 18.4. The molecule has 8 heteroatoms. The van der Waals surface area contributed by atoms with E-state index in [4.69, 9.17) is 0 Å².